The van der Waals surface area contributed by atoms with Crippen molar-refractivity contribution in [1.29, 1.82) is 0 Å². The van der Waals surface area contributed by atoms with Crippen molar-refractivity contribution in [2.75, 3.05) is 25.1 Å². The number of rotatable bonds is 4. The van der Waals surface area contributed by atoms with Gasteiger partial charge in [-0.2, -0.15) is 4.39 Å². The Hall–Kier alpha value is -3.80. The van der Waals surface area contributed by atoms with Gasteiger partial charge >= 0.3 is 5.97 Å². The molecule has 0 radical (unpaired) electrons. The number of aryl methyl sites for hydroxylation is 1. The zero-order valence-electron chi connectivity index (χ0n) is 17.2. The molecule has 9 heteroatoms. The summed E-state index contributed by atoms with van der Waals surface area (Å²) in [6.07, 6.45) is 4.78. The minimum atomic E-state index is -0.577. The number of hydrogen-bond acceptors (Lipinski definition) is 6. The third kappa shape index (κ3) is 3.84. The largest absolute Gasteiger partial charge is 0.466 e. The summed E-state index contributed by atoms with van der Waals surface area (Å²) in [7, 11) is 3.22. The number of piperidine rings is 1. The molecule has 3 aromatic rings. The fourth-order valence-electron chi connectivity index (χ4n) is 4.08. The van der Waals surface area contributed by atoms with Gasteiger partial charge in [-0.1, -0.05) is 12.1 Å². The standard InChI is InChI=1S/C22H21FN6O2/c1-24-19-17(22(30)31-3)6-5-16(15-4-7-18(23)25-12-15)20(19)29-10-8-14(9-11-29)21-27-26-13-28(21)2/h4-7,12-14H,8-11H2,2-3H3. The number of carbonyl (C=O) groups is 1. The van der Waals surface area contributed by atoms with Gasteiger partial charge in [0.2, 0.25) is 11.6 Å². The van der Waals surface area contributed by atoms with E-state index in [4.69, 9.17) is 11.3 Å². The second-order valence-corrected chi connectivity index (χ2v) is 7.39. The Morgan fingerprint density at radius 3 is 2.61 bits per heavy atom. The molecule has 0 atom stereocenters. The number of aromatic nitrogens is 4. The monoisotopic (exact) mass is 420 g/mol. The van der Waals surface area contributed by atoms with E-state index >= 15 is 0 Å². The molecular formula is C22H21FN6O2. The average molecular weight is 420 g/mol. The van der Waals surface area contributed by atoms with Crippen LogP contribution >= 0.6 is 0 Å². The first-order valence-corrected chi connectivity index (χ1v) is 9.87. The summed E-state index contributed by atoms with van der Waals surface area (Å²) >= 11 is 0. The van der Waals surface area contributed by atoms with Crippen LogP contribution in [0, 0.1) is 12.5 Å². The summed E-state index contributed by atoms with van der Waals surface area (Å²) in [5, 5.41) is 8.21. The molecule has 3 heterocycles. The summed E-state index contributed by atoms with van der Waals surface area (Å²) in [5.74, 6) is 0.0626. The summed E-state index contributed by atoms with van der Waals surface area (Å²) in [6.45, 7) is 9.13. The quantitative estimate of drug-likeness (QED) is 0.364. The summed E-state index contributed by atoms with van der Waals surface area (Å²) < 4.78 is 20.2. The maximum absolute atomic E-state index is 13.4. The van der Waals surface area contributed by atoms with Crippen molar-refractivity contribution in [3.05, 3.63) is 65.5 Å². The van der Waals surface area contributed by atoms with Gasteiger partial charge in [0.15, 0.2) is 0 Å². The lowest BCUT2D eigenvalue weighted by molar-refractivity contribution is 0.0602. The van der Waals surface area contributed by atoms with Crippen LogP contribution in [0.3, 0.4) is 0 Å². The first kappa shape index (κ1) is 20.5. The minimum Gasteiger partial charge on any atom is -0.466 e. The maximum Gasteiger partial charge on any atom is 0.327 e. The summed E-state index contributed by atoms with van der Waals surface area (Å²) in [6, 6.07) is 6.25. The molecule has 1 aromatic carbocycles. The van der Waals surface area contributed by atoms with Crippen LogP contribution in [0.2, 0.25) is 0 Å². The molecule has 0 saturated carbocycles. The fraction of sp³-hybridized carbons (Fsp3) is 0.318. The van der Waals surface area contributed by atoms with Gasteiger partial charge in [-0.25, -0.2) is 14.6 Å². The van der Waals surface area contributed by atoms with Gasteiger partial charge in [0.05, 0.1) is 24.9 Å². The highest BCUT2D eigenvalue weighted by molar-refractivity contribution is 6.03. The predicted molar refractivity (Wildman–Crippen MR) is 112 cm³/mol. The Kier molecular flexibility index (Phi) is 5.62. The van der Waals surface area contributed by atoms with Crippen molar-refractivity contribution in [3.8, 4) is 11.1 Å². The molecule has 1 aliphatic heterocycles. The van der Waals surface area contributed by atoms with Crippen molar-refractivity contribution in [2.45, 2.75) is 18.8 Å². The average Bonchev–Trinajstić information content (AvgIpc) is 3.24. The Morgan fingerprint density at radius 2 is 2.03 bits per heavy atom. The highest BCUT2D eigenvalue weighted by Crippen LogP contribution is 2.43. The zero-order chi connectivity index (χ0) is 22.0. The van der Waals surface area contributed by atoms with Crippen molar-refractivity contribution in [3.63, 3.8) is 0 Å². The second-order valence-electron chi connectivity index (χ2n) is 7.39. The van der Waals surface area contributed by atoms with E-state index in [2.05, 4.69) is 24.9 Å². The Labute approximate surface area is 179 Å². The number of nitrogens with zero attached hydrogens (tertiary/aromatic N) is 6. The topological polar surface area (TPSA) is 77.5 Å². The van der Waals surface area contributed by atoms with Crippen LogP contribution in [0.1, 0.15) is 34.9 Å². The summed E-state index contributed by atoms with van der Waals surface area (Å²) in [4.78, 5) is 21.8. The minimum absolute atomic E-state index is 0.210. The van der Waals surface area contributed by atoms with Gasteiger partial charge in [-0.15, -0.1) is 10.2 Å². The highest BCUT2D eigenvalue weighted by atomic mass is 19.1. The van der Waals surface area contributed by atoms with Crippen molar-refractivity contribution >= 4 is 17.3 Å². The maximum atomic E-state index is 13.4. The molecule has 0 aliphatic carbocycles. The van der Waals surface area contributed by atoms with Gasteiger partial charge in [0.25, 0.3) is 0 Å². The lowest BCUT2D eigenvalue weighted by atomic mass is 9.93. The Balaban J connectivity index is 1.75. The lowest BCUT2D eigenvalue weighted by Crippen LogP contribution is -2.34. The molecule has 158 valence electrons. The number of esters is 1. The van der Waals surface area contributed by atoms with Crippen LogP contribution in [0.5, 0.6) is 0 Å². The molecule has 0 bridgehead atoms. The number of methoxy groups -OCH3 is 1. The van der Waals surface area contributed by atoms with Crippen LogP contribution in [0.15, 0.2) is 36.8 Å². The van der Waals surface area contributed by atoms with Gasteiger partial charge in [0.1, 0.15) is 12.2 Å². The third-order valence-electron chi connectivity index (χ3n) is 5.63. The fourth-order valence-corrected chi connectivity index (χ4v) is 4.08. The molecular weight excluding hydrogens is 399 g/mol. The Morgan fingerprint density at radius 1 is 1.26 bits per heavy atom. The van der Waals surface area contributed by atoms with Crippen LogP contribution in [0.25, 0.3) is 16.0 Å². The van der Waals surface area contributed by atoms with Gasteiger partial charge in [-0.3, -0.25) is 0 Å². The molecule has 0 amide bonds. The molecule has 8 nitrogen and oxygen atoms in total. The number of halogens is 1. The highest BCUT2D eigenvalue weighted by Gasteiger charge is 2.29. The van der Waals surface area contributed by atoms with Gasteiger partial charge in [0, 0.05) is 37.8 Å². The molecule has 4 rings (SSSR count). The van der Waals surface area contributed by atoms with E-state index in [0.717, 1.165) is 24.2 Å². The van der Waals surface area contributed by atoms with Crippen LogP contribution in [-0.2, 0) is 11.8 Å². The van der Waals surface area contributed by atoms with E-state index in [1.165, 1.54) is 19.4 Å². The number of anilines is 1. The normalized spacial score (nSPS) is 14.3. The molecule has 0 unspecified atom stereocenters. The van der Waals surface area contributed by atoms with E-state index in [9.17, 15) is 9.18 Å². The van der Waals surface area contributed by atoms with Gasteiger partial charge < -0.3 is 14.2 Å². The Bertz CT molecular complexity index is 1140. The first-order valence-electron chi connectivity index (χ1n) is 9.87. The van der Waals surface area contributed by atoms with E-state index in [0.29, 0.717) is 24.3 Å². The number of pyridine rings is 1. The first-order chi connectivity index (χ1) is 15.0. The number of ether oxygens (including phenoxy) is 1. The van der Waals surface area contributed by atoms with Crippen molar-refractivity contribution in [1.82, 2.24) is 19.7 Å². The van der Waals surface area contributed by atoms with Gasteiger partial charge in [-0.05, 0) is 30.5 Å². The van der Waals surface area contributed by atoms with Crippen LogP contribution in [0.4, 0.5) is 15.8 Å². The molecule has 0 N–H and O–H groups in total. The lowest BCUT2D eigenvalue weighted by Gasteiger charge is -2.35. The smallest absolute Gasteiger partial charge is 0.327 e. The van der Waals surface area contributed by atoms with E-state index in [1.54, 1.807) is 24.5 Å². The number of carbonyl (C=O) groups excluding carboxylic acids is 1. The number of benzene rings is 1. The summed E-state index contributed by atoms with van der Waals surface area (Å²) in [5.41, 5.74) is 2.48. The molecule has 1 aliphatic rings. The molecule has 0 spiro atoms. The van der Waals surface area contributed by atoms with E-state index in [1.807, 2.05) is 11.6 Å². The number of hydrogen-bond donors (Lipinski definition) is 0. The zero-order valence-corrected chi connectivity index (χ0v) is 17.2. The van der Waals surface area contributed by atoms with Crippen molar-refractivity contribution in [2.24, 2.45) is 7.05 Å². The molecule has 31 heavy (non-hydrogen) atoms. The second kappa shape index (κ2) is 8.52. The van der Waals surface area contributed by atoms with Crippen LogP contribution in [-0.4, -0.2) is 45.9 Å². The molecule has 1 saturated heterocycles. The SMILES string of the molecule is [C-]#[N+]c1c(C(=O)OC)ccc(-c2ccc(F)nc2)c1N1CCC(c2nncn2C)CC1. The van der Waals surface area contributed by atoms with Crippen molar-refractivity contribution < 1.29 is 13.9 Å². The predicted octanol–water partition coefficient (Wildman–Crippen LogP) is 3.74. The molecule has 1 fully saturated rings. The van der Waals surface area contributed by atoms with Crippen LogP contribution < -0.4 is 4.90 Å². The van der Waals surface area contributed by atoms with E-state index < -0.39 is 11.9 Å². The molecule has 2 aromatic heterocycles. The van der Waals surface area contributed by atoms with E-state index in [-0.39, 0.29) is 17.2 Å². The third-order valence-corrected chi connectivity index (χ3v) is 5.63.